The van der Waals surface area contributed by atoms with Gasteiger partial charge in [0.1, 0.15) is 11.3 Å². The largest absolute Gasteiger partial charge is 0.501 e. The molecule has 24 heavy (non-hydrogen) atoms. The third-order valence-corrected chi connectivity index (χ3v) is 5.11. The average molecular weight is 355 g/mol. The van der Waals surface area contributed by atoms with Crippen LogP contribution in [0.1, 0.15) is 5.56 Å². The zero-order valence-electron chi connectivity index (χ0n) is 12.7. The molecular weight excluding hydrogens is 343 g/mol. The van der Waals surface area contributed by atoms with E-state index in [2.05, 4.69) is 9.97 Å². The maximum atomic E-state index is 12.9. The average Bonchev–Trinajstić information content (AvgIpc) is 2.82. The number of alkyl halides is 3. The van der Waals surface area contributed by atoms with E-state index in [1.54, 1.807) is 19.3 Å². The molecule has 2 aromatic heterocycles. The quantitative estimate of drug-likeness (QED) is 0.708. The smallest absolute Gasteiger partial charge is 0.312 e. The Kier molecular flexibility index (Phi) is 3.63. The summed E-state index contributed by atoms with van der Waals surface area (Å²) in [4.78, 5) is 7.64. The molecule has 126 valence electrons. The molecule has 0 spiro atoms. The van der Waals surface area contributed by atoms with Crippen LogP contribution in [0.5, 0.6) is 0 Å². The van der Waals surface area contributed by atoms with Gasteiger partial charge in [0.25, 0.3) is 9.84 Å². The van der Waals surface area contributed by atoms with Crippen molar-refractivity contribution in [3.8, 4) is 11.4 Å². The van der Waals surface area contributed by atoms with Crippen LogP contribution in [0.3, 0.4) is 0 Å². The molecule has 1 aromatic carbocycles. The number of imidazole rings is 1. The second kappa shape index (κ2) is 5.30. The van der Waals surface area contributed by atoms with Crippen LogP contribution in [0.25, 0.3) is 22.6 Å². The van der Waals surface area contributed by atoms with Crippen LogP contribution in [0.15, 0.2) is 41.4 Å². The monoisotopic (exact) mass is 355 g/mol. The van der Waals surface area contributed by atoms with E-state index >= 15 is 0 Å². The topological polar surface area (TPSA) is 64.8 Å². The molecule has 0 aliphatic heterocycles. The van der Waals surface area contributed by atoms with E-state index in [0.29, 0.717) is 11.2 Å². The van der Waals surface area contributed by atoms with Gasteiger partial charge in [-0.2, -0.15) is 13.2 Å². The van der Waals surface area contributed by atoms with Crippen LogP contribution in [0.2, 0.25) is 0 Å². The summed E-state index contributed by atoms with van der Waals surface area (Å²) in [7, 11) is -3.92. The molecule has 0 unspecified atom stereocenters. The number of aryl methyl sites for hydroxylation is 2. The van der Waals surface area contributed by atoms with Crippen LogP contribution in [-0.2, 0) is 16.9 Å². The summed E-state index contributed by atoms with van der Waals surface area (Å²) >= 11 is 0. The van der Waals surface area contributed by atoms with Crippen molar-refractivity contribution in [1.29, 1.82) is 0 Å². The van der Waals surface area contributed by atoms with Gasteiger partial charge in [0.05, 0.1) is 4.90 Å². The van der Waals surface area contributed by atoms with Gasteiger partial charge in [-0.3, -0.25) is 0 Å². The molecule has 0 bridgehead atoms. The summed E-state index contributed by atoms with van der Waals surface area (Å²) < 4.78 is 64.0. The molecule has 0 amide bonds. The number of benzene rings is 1. The van der Waals surface area contributed by atoms with Crippen molar-refractivity contribution in [2.75, 3.05) is 0 Å². The first-order valence-electron chi connectivity index (χ1n) is 6.83. The summed E-state index contributed by atoms with van der Waals surface area (Å²) in [6.07, 6.45) is 1.60. The minimum absolute atomic E-state index is 0.103. The SMILES string of the molecule is Cc1cnc2c(c1)nc(-c1ccccc1S(=O)(=O)C(F)(F)F)n2C. The van der Waals surface area contributed by atoms with Gasteiger partial charge in [0.2, 0.25) is 0 Å². The highest BCUT2D eigenvalue weighted by molar-refractivity contribution is 7.92. The van der Waals surface area contributed by atoms with Gasteiger partial charge in [-0.05, 0) is 30.7 Å². The summed E-state index contributed by atoms with van der Waals surface area (Å²) in [5.74, 6) is 0.103. The molecule has 2 heterocycles. The third kappa shape index (κ3) is 2.44. The van der Waals surface area contributed by atoms with Crippen molar-refractivity contribution in [3.05, 3.63) is 42.1 Å². The van der Waals surface area contributed by atoms with Crippen molar-refractivity contribution in [3.63, 3.8) is 0 Å². The number of nitrogens with zero attached hydrogens (tertiary/aromatic N) is 3. The van der Waals surface area contributed by atoms with E-state index < -0.39 is 20.2 Å². The number of sulfone groups is 1. The molecule has 0 saturated heterocycles. The number of pyridine rings is 1. The number of hydrogen-bond acceptors (Lipinski definition) is 4. The first-order chi connectivity index (χ1) is 11.1. The molecule has 0 saturated carbocycles. The van der Waals surface area contributed by atoms with Gasteiger partial charge < -0.3 is 4.57 Å². The molecule has 0 fully saturated rings. The van der Waals surface area contributed by atoms with Gasteiger partial charge in [-0.15, -0.1) is 0 Å². The Morgan fingerprint density at radius 3 is 2.50 bits per heavy atom. The Bertz CT molecular complexity index is 1040. The summed E-state index contributed by atoms with van der Waals surface area (Å²) in [6, 6.07) is 6.66. The number of halogens is 3. The molecule has 9 heteroatoms. The van der Waals surface area contributed by atoms with Crippen molar-refractivity contribution < 1.29 is 21.6 Å². The lowest BCUT2D eigenvalue weighted by molar-refractivity contribution is -0.0435. The summed E-state index contributed by atoms with van der Waals surface area (Å²) in [6.45, 7) is 1.81. The van der Waals surface area contributed by atoms with Crippen LogP contribution >= 0.6 is 0 Å². The van der Waals surface area contributed by atoms with Crippen LogP contribution in [0, 0.1) is 6.92 Å². The van der Waals surface area contributed by atoms with Crippen molar-refractivity contribution >= 4 is 21.0 Å². The lowest BCUT2D eigenvalue weighted by Gasteiger charge is -2.12. The van der Waals surface area contributed by atoms with Gasteiger partial charge in [0, 0.05) is 18.8 Å². The Labute approximate surface area is 135 Å². The second-order valence-electron chi connectivity index (χ2n) is 5.30. The van der Waals surface area contributed by atoms with E-state index in [0.717, 1.165) is 11.6 Å². The normalized spacial score (nSPS) is 12.7. The maximum Gasteiger partial charge on any atom is 0.501 e. The number of fused-ring (bicyclic) bond motifs is 1. The molecule has 5 nitrogen and oxygen atoms in total. The minimum atomic E-state index is -5.49. The van der Waals surface area contributed by atoms with Crippen molar-refractivity contribution in [2.45, 2.75) is 17.3 Å². The molecule has 0 N–H and O–H groups in total. The Morgan fingerprint density at radius 1 is 1.17 bits per heavy atom. The summed E-state index contributed by atoms with van der Waals surface area (Å²) in [5, 5.41) is 0. The molecule has 3 aromatic rings. The molecule has 0 aliphatic carbocycles. The highest BCUT2D eigenvalue weighted by Crippen LogP contribution is 2.36. The number of aromatic nitrogens is 3. The van der Waals surface area contributed by atoms with Crippen molar-refractivity contribution in [1.82, 2.24) is 14.5 Å². The molecule has 3 rings (SSSR count). The van der Waals surface area contributed by atoms with Gasteiger partial charge in [-0.25, -0.2) is 18.4 Å². The predicted molar refractivity (Wildman–Crippen MR) is 81.9 cm³/mol. The lowest BCUT2D eigenvalue weighted by atomic mass is 10.2. The predicted octanol–water partition coefficient (Wildman–Crippen LogP) is 3.24. The highest BCUT2D eigenvalue weighted by Gasteiger charge is 2.48. The second-order valence-corrected chi connectivity index (χ2v) is 7.20. The maximum absolute atomic E-state index is 12.9. The molecule has 0 radical (unpaired) electrons. The zero-order valence-corrected chi connectivity index (χ0v) is 13.5. The first-order valence-corrected chi connectivity index (χ1v) is 8.31. The van der Waals surface area contributed by atoms with Gasteiger partial charge >= 0.3 is 5.51 Å². The van der Waals surface area contributed by atoms with Crippen LogP contribution in [0.4, 0.5) is 13.2 Å². The van der Waals surface area contributed by atoms with Gasteiger partial charge in [0.15, 0.2) is 5.65 Å². The fourth-order valence-corrected chi connectivity index (χ4v) is 3.38. The fourth-order valence-electron chi connectivity index (χ4n) is 2.43. The zero-order chi connectivity index (χ0) is 17.7. The molecular formula is C15H12F3N3O2S. The van der Waals surface area contributed by atoms with E-state index in [9.17, 15) is 21.6 Å². The molecule has 0 aliphatic rings. The number of rotatable bonds is 2. The van der Waals surface area contributed by atoms with Crippen LogP contribution < -0.4 is 0 Å². The molecule has 0 atom stereocenters. The highest BCUT2D eigenvalue weighted by atomic mass is 32.2. The lowest BCUT2D eigenvalue weighted by Crippen LogP contribution is -2.24. The fraction of sp³-hybridized carbons (Fsp3) is 0.200. The van der Waals surface area contributed by atoms with E-state index in [1.165, 1.54) is 22.8 Å². The van der Waals surface area contributed by atoms with Crippen molar-refractivity contribution in [2.24, 2.45) is 7.05 Å². The van der Waals surface area contributed by atoms with E-state index in [-0.39, 0.29) is 11.4 Å². The Balaban J connectivity index is 2.32. The summed E-state index contributed by atoms with van der Waals surface area (Å²) in [5.41, 5.74) is -3.74. The third-order valence-electron chi connectivity index (χ3n) is 3.57. The van der Waals surface area contributed by atoms with E-state index in [4.69, 9.17) is 0 Å². The minimum Gasteiger partial charge on any atom is -0.312 e. The first kappa shape index (κ1) is 16.4. The Hall–Kier alpha value is -2.42. The number of hydrogen-bond donors (Lipinski definition) is 0. The van der Waals surface area contributed by atoms with E-state index in [1.807, 2.05) is 6.92 Å². The van der Waals surface area contributed by atoms with Gasteiger partial charge in [-0.1, -0.05) is 12.1 Å². The Morgan fingerprint density at radius 2 is 1.83 bits per heavy atom. The standard InChI is InChI=1S/C15H12F3N3O2S/c1-9-7-11-14(19-8-9)21(2)13(20-11)10-5-3-4-6-12(10)24(22,23)15(16,17)18/h3-8H,1-2H3. The van der Waals surface area contributed by atoms with Crippen LogP contribution in [-0.4, -0.2) is 28.5 Å².